The van der Waals surface area contributed by atoms with Crippen LogP contribution in [-0.4, -0.2) is 17.3 Å². The number of unbranched alkanes of at least 4 members (excludes halogenated alkanes) is 2. The van der Waals surface area contributed by atoms with Gasteiger partial charge in [-0.3, -0.25) is 0 Å². The number of benzene rings is 10. The number of aryl methyl sites for hydroxylation is 1. The van der Waals surface area contributed by atoms with Gasteiger partial charge < -0.3 is 19.1 Å². The monoisotopic (exact) mass is 975 g/mol. The summed E-state index contributed by atoms with van der Waals surface area (Å²) < 4.78 is 9.89. The minimum atomic E-state index is -0.106. The fourth-order valence-electron chi connectivity index (χ4n) is 13.2. The summed E-state index contributed by atoms with van der Waals surface area (Å²) in [7, 11) is 0. The normalized spacial score (nSPS) is 15.6. The van der Waals surface area contributed by atoms with Crippen LogP contribution in [0.15, 0.2) is 249 Å². The van der Waals surface area contributed by atoms with Crippen LogP contribution in [0.5, 0.6) is 11.5 Å². The van der Waals surface area contributed by atoms with Crippen molar-refractivity contribution in [2.75, 3.05) is 9.80 Å². The van der Waals surface area contributed by atoms with Gasteiger partial charge >= 0.3 is 0 Å². The molecule has 362 valence electrons. The maximum atomic E-state index is 7.48. The summed E-state index contributed by atoms with van der Waals surface area (Å²) >= 11 is 0. The molecule has 0 N–H and O–H groups in total. The fraction of sp³-hybridized carbons (Fsp3) is 0.0986. The Hall–Kier alpha value is -9.06. The summed E-state index contributed by atoms with van der Waals surface area (Å²) in [5, 5.41) is 2.49. The van der Waals surface area contributed by atoms with E-state index in [9.17, 15) is 0 Å². The Bertz CT molecular complexity index is 4030. The average Bonchev–Trinajstić information content (AvgIpc) is 4.14. The quantitative estimate of drug-likeness (QED) is 0.101. The highest BCUT2D eigenvalue weighted by Gasteiger charge is 2.45. The van der Waals surface area contributed by atoms with Gasteiger partial charge in [0.05, 0.1) is 22.8 Å². The van der Waals surface area contributed by atoms with Gasteiger partial charge in [0.25, 0.3) is 6.71 Å². The van der Waals surface area contributed by atoms with E-state index in [0.717, 1.165) is 65.4 Å². The maximum absolute atomic E-state index is 7.48. The number of aromatic nitrogens is 1. The molecule has 1 aliphatic carbocycles. The first-order valence-corrected chi connectivity index (χ1v) is 27.2. The molecule has 3 aliphatic heterocycles. The van der Waals surface area contributed by atoms with Gasteiger partial charge in [-0.25, -0.2) is 0 Å². The van der Waals surface area contributed by atoms with Crippen molar-refractivity contribution in [1.29, 1.82) is 0 Å². The van der Waals surface area contributed by atoms with E-state index in [2.05, 4.69) is 270 Å². The van der Waals surface area contributed by atoms with Gasteiger partial charge in [0.1, 0.15) is 11.5 Å². The summed E-state index contributed by atoms with van der Waals surface area (Å²) in [5.74, 6) is 2.09. The van der Waals surface area contributed by atoms with Gasteiger partial charge in [-0.15, -0.1) is 0 Å². The van der Waals surface area contributed by atoms with Crippen LogP contribution >= 0.6 is 0 Å². The second-order valence-corrected chi connectivity index (χ2v) is 20.9. The number of rotatable bonds is 10. The molecule has 4 heterocycles. The molecule has 2 atom stereocenters. The average molecular weight is 976 g/mol. The van der Waals surface area contributed by atoms with Crippen molar-refractivity contribution >= 4 is 73.3 Å². The number of allylic oxidation sites excluding steroid dienone is 2. The van der Waals surface area contributed by atoms with Gasteiger partial charge in [-0.1, -0.05) is 202 Å². The van der Waals surface area contributed by atoms with Crippen LogP contribution in [0.1, 0.15) is 43.2 Å². The summed E-state index contributed by atoms with van der Waals surface area (Å²) in [6.07, 6.45) is 13.6. The fourth-order valence-corrected chi connectivity index (χ4v) is 13.2. The molecule has 76 heavy (non-hydrogen) atoms. The SMILES string of the molecule is CCCCCc1cc2c3c(c1)N(c1c(-c4ccccc4)cc(-c4ccccc4)cc1-c1ccccc1)c1cc(N4c5ccccc5C5C=CC=CC54)ccc1B3c1ccc(-n3c4ccccc4c4ccccc43)cc1O2. The Morgan fingerprint density at radius 2 is 1.09 bits per heavy atom. The van der Waals surface area contributed by atoms with E-state index in [1.165, 1.54) is 88.6 Å². The Balaban J connectivity index is 1.03. The molecule has 4 nitrogen and oxygen atoms in total. The molecule has 0 fully saturated rings. The van der Waals surface area contributed by atoms with E-state index in [-0.39, 0.29) is 18.7 Å². The zero-order chi connectivity index (χ0) is 50.3. The molecule has 10 aromatic carbocycles. The molecule has 11 aromatic rings. The number of hydrogen-bond acceptors (Lipinski definition) is 3. The molecule has 1 aromatic heterocycles. The summed E-state index contributed by atoms with van der Waals surface area (Å²) in [6, 6.07) is 83.7. The van der Waals surface area contributed by atoms with Gasteiger partial charge in [-0.2, -0.15) is 0 Å². The third-order valence-corrected chi connectivity index (χ3v) is 16.6. The zero-order valence-corrected chi connectivity index (χ0v) is 42.5. The first kappa shape index (κ1) is 44.4. The van der Waals surface area contributed by atoms with Gasteiger partial charge in [-0.05, 0) is 123 Å². The number of para-hydroxylation sites is 3. The molecule has 0 spiro atoms. The third kappa shape index (κ3) is 7.06. The first-order chi connectivity index (χ1) is 37.7. The van der Waals surface area contributed by atoms with Crippen molar-refractivity contribution in [3.63, 3.8) is 0 Å². The molecule has 0 bridgehead atoms. The van der Waals surface area contributed by atoms with E-state index < -0.39 is 0 Å². The molecular weight excluding hydrogens is 922 g/mol. The van der Waals surface area contributed by atoms with Crippen LogP contribution in [0.4, 0.5) is 28.4 Å². The maximum Gasteiger partial charge on any atom is 0.256 e. The van der Waals surface area contributed by atoms with E-state index in [0.29, 0.717) is 0 Å². The molecule has 0 saturated heterocycles. The van der Waals surface area contributed by atoms with Gasteiger partial charge in [0, 0.05) is 62.3 Å². The van der Waals surface area contributed by atoms with Crippen molar-refractivity contribution in [2.24, 2.45) is 0 Å². The van der Waals surface area contributed by atoms with Gasteiger partial charge in [0.2, 0.25) is 0 Å². The highest BCUT2D eigenvalue weighted by Crippen LogP contribution is 2.53. The third-order valence-electron chi connectivity index (χ3n) is 16.6. The van der Waals surface area contributed by atoms with Gasteiger partial charge in [0.15, 0.2) is 0 Å². The Morgan fingerprint density at radius 1 is 0.474 bits per heavy atom. The minimum Gasteiger partial charge on any atom is -0.458 e. The predicted octanol–water partition coefficient (Wildman–Crippen LogP) is 16.7. The Kier molecular flexibility index (Phi) is 10.6. The lowest BCUT2D eigenvalue weighted by Gasteiger charge is -2.42. The number of hydrogen-bond donors (Lipinski definition) is 0. The molecule has 0 radical (unpaired) electrons. The topological polar surface area (TPSA) is 20.6 Å². The highest BCUT2D eigenvalue weighted by molar-refractivity contribution is 6.99. The molecule has 0 amide bonds. The summed E-state index contributed by atoms with van der Waals surface area (Å²) in [4.78, 5) is 5.24. The summed E-state index contributed by atoms with van der Waals surface area (Å²) in [5.41, 5.74) is 22.6. The van der Waals surface area contributed by atoms with E-state index in [4.69, 9.17) is 4.74 Å². The van der Waals surface area contributed by atoms with Crippen LogP contribution in [0.25, 0.3) is 60.9 Å². The largest absolute Gasteiger partial charge is 0.458 e. The molecule has 4 aliphatic rings. The van der Waals surface area contributed by atoms with Crippen molar-refractivity contribution in [1.82, 2.24) is 4.57 Å². The van der Waals surface area contributed by atoms with Crippen LogP contribution in [0, 0.1) is 0 Å². The predicted molar refractivity (Wildman–Crippen MR) is 320 cm³/mol. The smallest absolute Gasteiger partial charge is 0.256 e. The van der Waals surface area contributed by atoms with Crippen LogP contribution in [0.2, 0.25) is 0 Å². The zero-order valence-electron chi connectivity index (χ0n) is 42.5. The van der Waals surface area contributed by atoms with Crippen LogP contribution < -0.4 is 30.9 Å². The second kappa shape index (κ2) is 18.1. The Labute approximate surface area is 445 Å². The van der Waals surface area contributed by atoms with E-state index >= 15 is 0 Å². The number of ether oxygens (including phenoxy) is 1. The number of nitrogens with zero attached hydrogens (tertiary/aromatic N) is 3. The van der Waals surface area contributed by atoms with Crippen molar-refractivity contribution in [3.05, 3.63) is 260 Å². The number of anilines is 5. The van der Waals surface area contributed by atoms with E-state index in [1.807, 2.05) is 0 Å². The standard InChI is InChI=1S/C71H54BN3O/c1-2-3-7-22-47-41-67-70-69(42-47)76-68-46-53(74-64-35-20-16-31-56(64)57-32-17-21-36-65(57)74)38-40-61(68)72(70)60-39-37-52(73-62-33-18-14-29-54(62)55-30-15-19-34-63(55)73)45-66(60)75(67)71-58(49-25-10-5-11-26-49)43-51(48-23-8-4-9-24-48)44-59(71)50-27-12-6-13-28-50/h4-6,8-21,23-46,54,62H,2-3,7,22H2,1H3. The molecule has 2 unspecified atom stereocenters. The van der Waals surface area contributed by atoms with Crippen molar-refractivity contribution in [3.8, 4) is 50.6 Å². The minimum absolute atomic E-state index is 0.106. The van der Waals surface area contributed by atoms with E-state index in [1.54, 1.807) is 0 Å². The highest BCUT2D eigenvalue weighted by atomic mass is 16.5. The lowest BCUT2D eigenvalue weighted by molar-refractivity contribution is 0.486. The van der Waals surface area contributed by atoms with Crippen LogP contribution in [-0.2, 0) is 6.42 Å². The molecule has 0 saturated carbocycles. The Morgan fingerprint density at radius 3 is 1.80 bits per heavy atom. The van der Waals surface area contributed by atoms with Crippen LogP contribution in [0.3, 0.4) is 0 Å². The van der Waals surface area contributed by atoms with Crippen molar-refractivity contribution < 1.29 is 4.74 Å². The second-order valence-electron chi connectivity index (χ2n) is 20.9. The lowest BCUT2D eigenvalue weighted by atomic mass is 9.34. The molecule has 5 heteroatoms. The first-order valence-electron chi connectivity index (χ1n) is 27.2. The van der Waals surface area contributed by atoms with Crippen molar-refractivity contribution in [2.45, 2.75) is 44.6 Å². The number of fused-ring (bicyclic) bond motifs is 10. The summed E-state index contributed by atoms with van der Waals surface area (Å²) in [6.45, 7) is 2.19. The molecular formula is C71H54BN3O. The molecule has 15 rings (SSSR count). The lowest BCUT2D eigenvalue weighted by Crippen LogP contribution is -2.59.